The summed E-state index contributed by atoms with van der Waals surface area (Å²) in [4.78, 5) is 0. The summed E-state index contributed by atoms with van der Waals surface area (Å²) < 4.78 is 0. The molecule has 0 aromatic heterocycles. The third-order valence-electron chi connectivity index (χ3n) is 5.77. The number of hydrogen-bond acceptors (Lipinski definition) is 1. The first-order chi connectivity index (χ1) is 14.3. The topological polar surface area (TPSA) is 20.2 Å². The lowest BCUT2D eigenvalue weighted by molar-refractivity contribution is 0.0828. The summed E-state index contributed by atoms with van der Waals surface area (Å²) in [5.74, 6) is 0. The molecule has 1 N–H and O–H groups in total. The molecule has 0 aliphatic rings. The fourth-order valence-electron chi connectivity index (χ4n) is 4.35. The van der Waals surface area contributed by atoms with Gasteiger partial charge >= 0.3 is 0 Å². The van der Waals surface area contributed by atoms with Crippen LogP contribution in [0.2, 0.25) is 0 Å². The predicted molar refractivity (Wildman–Crippen MR) is 121 cm³/mol. The van der Waals surface area contributed by atoms with Gasteiger partial charge in [0.25, 0.3) is 0 Å². The van der Waals surface area contributed by atoms with Crippen LogP contribution < -0.4 is 0 Å². The maximum atomic E-state index is 12.3. The summed E-state index contributed by atoms with van der Waals surface area (Å²) in [5, 5.41) is 16.9. The van der Waals surface area contributed by atoms with Crippen molar-refractivity contribution in [2.45, 2.75) is 12.0 Å². The SMILES string of the molecule is OC(Cc1ccccc1)(c1ccccc1)c1cc2ccccc2c2ccccc12. The van der Waals surface area contributed by atoms with Crippen LogP contribution in [0, 0.1) is 0 Å². The highest BCUT2D eigenvalue weighted by molar-refractivity contribution is 6.09. The molecule has 1 nitrogen and oxygen atoms in total. The summed E-state index contributed by atoms with van der Waals surface area (Å²) in [6.45, 7) is 0. The van der Waals surface area contributed by atoms with Crippen molar-refractivity contribution in [1.29, 1.82) is 0 Å². The maximum Gasteiger partial charge on any atom is 0.119 e. The van der Waals surface area contributed by atoms with Gasteiger partial charge in [0.2, 0.25) is 0 Å². The van der Waals surface area contributed by atoms with E-state index in [-0.39, 0.29) is 0 Å². The van der Waals surface area contributed by atoms with Crippen LogP contribution in [0.3, 0.4) is 0 Å². The van der Waals surface area contributed by atoms with E-state index in [0.717, 1.165) is 27.5 Å². The molecule has 5 aromatic rings. The summed E-state index contributed by atoms with van der Waals surface area (Å²) in [6, 6.07) is 39.2. The zero-order valence-electron chi connectivity index (χ0n) is 16.1. The molecule has 0 spiro atoms. The van der Waals surface area contributed by atoms with Crippen LogP contribution in [0.1, 0.15) is 16.7 Å². The fraction of sp³-hybridized carbons (Fsp3) is 0.0714. The van der Waals surface area contributed by atoms with Crippen molar-refractivity contribution in [3.8, 4) is 0 Å². The van der Waals surface area contributed by atoms with E-state index in [2.05, 4.69) is 66.7 Å². The molecular formula is C28H22O. The van der Waals surface area contributed by atoms with Gasteiger partial charge in [0.1, 0.15) is 5.60 Å². The van der Waals surface area contributed by atoms with E-state index >= 15 is 0 Å². The molecule has 0 aliphatic carbocycles. The molecule has 1 atom stereocenters. The Bertz CT molecular complexity index is 1280. The van der Waals surface area contributed by atoms with Gasteiger partial charge in [0.05, 0.1) is 0 Å². The average molecular weight is 374 g/mol. The van der Waals surface area contributed by atoms with Crippen molar-refractivity contribution in [1.82, 2.24) is 0 Å². The minimum absolute atomic E-state index is 0.514. The summed E-state index contributed by atoms with van der Waals surface area (Å²) in [6.07, 6.45) is 0.514. The van der Waals surface area contributed by atoms with Crippen LogP contribution in [0.25, 0.3) is 21.5 Å². The normalized spacial score (nSPS) is 13.4. The standard InChI is InChI=1S/C28H22O/c29-28(23-14-5-2-6-15-23,20-21-11-3-1-4-12-21)27-19-22-13-7-8-16-24(22)25-17-9-10-18-26(25)27/h1-19,29H,20H2. The monoisotopic (exact) mass is 374 g/mol. The first kappa shape index (κ1) is 17.7. The lowest BCUT2D eigenvalue weighted by Crippen LogP contribution is -2.30. The summed E-state index contributed by atoms with van der Waals surface area (Å²) in [5.41, 5.74) is 1.83. The lowest BCUT2D eigenvalue weighted by Gasteiger charge is -2.31. The molecule has 0 amide bonds. The number of rotatable bonds is 4. The molecule has 5 rings (SSSR count). The molecule has 0 heterocycles. The first-order valence-corrected chi connectivity index (χ1v) is 9.98. The van der Waals surface area contributed by atoms with Gasteiger partial charge in [0.15, 0.2) is 0 Å². The van der Waals surface area contributed by atoms with E-state index < -0.39 is 5.60 Å². The number of benzene rings is 5. The minimum atomic E-state index is -1.13. The Morgan fingerprint density at radius 3 is 1.83 bits per heavy atom. The van der Waals surface area contributed by atoms with Gasteiger partial charge in [-0.05, 0) is 44.3 Å². The second kappa shape index (κ2) is 7.20. The molecule has 0 fully saturated rings. The van der Waals surface area contributed by atoms with Crippen LogP contribution in [-0.4, -0.2) is 5.11 Å². The predicted octanol–water partition coefficient (Wildman–Crippen LogP) is 6.47. The summed E-state index contributed by atoms with van der Waals surface area (Å²) in [7, 11) is 0. The van der Waals surface area contributed by atoms with Gasteiger partial charge in [-0.3, -0.25) is 0 Å². The van der Waals surface area contributed by atoms with Crippen LogP contribution in [0.4, 0.5) is 0 Å². The van der Waals surface area contributed by atoms with E-state index in [1.807, 2.05) is 48.5 Å². The van der Waals surface area contributed by atoms with Gasteiger partial charge < -0.3 is 5.11 Å². The van der Waals surface area contributed by atoms with Crippen molar-refractivity contribution >= 4 is 21.5 Å². The fourth-order valence-corrected chi connectivity index (χ4v) is 4.35. The third kappa shape index (κ3) is 3.10. The molecule has 140 valence electrons. The Labute approximate surface area is 170 Å². The Morgan fingerprint density at radius 1 is 0.552 bits per heavy atom. The maximum absolute atomic E-state index is 12.3. The molecule has 0 aliphatic heterocycles. The molecule has 29 heavy (non-hydrogen) atoms. The second-order valence-corrected chi connectivity index (χ2v) is 7.58. The lowest BCUT2D eigenvalue weighted by atomic mass is 9.78. The van der Waals surface area contributed by atoms with E-state index in [9.17, 15) is 5.11 Å². The molecule has 1 unspecified atom stereocenters. The van der Waals surface area contributed by atoms with E-state index in [0.29, 0.717) is 6.42 Å². The van der Waals surface area contributed by atoms with Crippen LogP contribution in [0.15, 0.2) is 115 Å². The number of aliphatic hydroxyl groups is 1. The van der Waals surface area contributed by atoms with Crippen LogP contribution >= 0.6 is 0 Å². The average Bonchev–Trinajstić information content (AvgIpc) is 2.80. The molecule has 0 saturated carbocycles. The third-order valence-corrected chi connectivity index (χ3v) is 5.77. The van der Waals surface area contributed by atoms with Crippen LogP contribution in [-0.2, 0) is 12.0 Å². The highest BCUT2D eigenvalue weighted by Gasteiger charge is 2.33. The van der Waals surface area contributed by atoms with Gasteiger partial charge in [-0.2, -0.15) is 0 Å². The molecular weight excluding hydrogens is 352 g/mol. The van der Waals surface area contributed by atoms with E-state index in [4.69, 9.17) is 0 Å². The van der Waals surface area contributed by atoms with Crippen molar-refractivity contribution in [3.63, 3.8) is 0 Å². The largest absolute Gasteiger partial charge is 0.380 e. The van der Waals surface area contributed by atoms with Crippen molar-refractivity contribution in [2.75, 3.05) is 0 Å². The molecule has 0 saturated heterocycles. The molecule has 1 heteroatoms. The molecule has 5 aromatic carbocycles. The van der Waals surface area contributed by atoms with Crippen molar-refractivity contribution in [3.05, 3.63) is 132 Å². The highest BCUT2D eigenvalue weighted by atomic mass is 16.3. The molecule has 0 bridgehead atoms. The summed E-state index contributed by atoms with van der Waals surface area (Å²) >= 11 is 0. The van der Waals surface area contributed by atoms with Crippen LogP contribution in [0.5, 0.6) is 0 Å². The smallest absolute Gasteiger partial charge is 0.119 e. The Hall–Kier alpha value is -3.42. The number of fused-ring (bicyclic) bond motifs is 3. The Morgan fingerprint density at radius 2 is 1.10 bits per heavy atom. The first-order valence-electron chi connectivity index (χ1n) is 9.98. The van der Waals surface area contributed by atoms with Gasteiger partial charge in [0, 0.05) is 6.42 Å². The highest BCUT2D eigenvalue weighted by Crippen LogP contribution is 2.40. The minimum Gasteiger partial charge on any atom is -0.380 e. The van der Waals surface area contributed by atoms with Crippen molar-refractivity contribution in [2.24, 2.45) is 0 Å². The second-order valence-electron chi connectivity index (χ2n) is 7.58. The van der Waals surface area contributed by atoms with E-state index in [1.54, 1.807) is 0 Å². The van der Waals surface area contributed by atoms with Gasteiger partial charge in [-0.15, -0.1) is 0 Å². The van der Waals surface area contributed by atoms with Gasteiger partial charge in [-0.1, -0.05) is 109 Å². The quantitative estimate of drug-likeness (QED) is 0.357. The Balaban J connectivity index is 1.83. The Kier molecular flexibility index (Phi) is 4.38. The zero-order chi connectivity index (χ0) is 19.7. The number of hydrogen-bond donors (Lipinski definition) is 1. The van der Waals surface area contributed by atoms with Gasteiger partial charge in [-0.25, -0.2) is 0 Å². The molecule has 0 radical (unpaired) electrons. The zero-order valence-corrected chi connectivity index (χ0v) is 16.1. The van der Waals surface area contributed by atoms with E-state index in [1.165, 1.54) is 10.8 Å². The van der Waals surface area contributed by atoms with Crippen molar-refractivity contribution < 1.29 is 5.11 Å².